The SMILES string of the molecule is Cc1cccc(C(=O)N[C@H](C(=O)N[C@H](CO)C(=O)N[C@H]2CCNC(=O)[C@H]([C@@H](C)O)NC(=O)[C@H](CCN)NC[C@](C=O)(CCN)NC(=O)[C@H](CC(C)C)NC(=O)[C@@H](Cc3ccccc3)NC(=O)[C@H](CCN)NC2=O)[C@@H](C)O)n1. The minimum absolute atomic E-state index is 0.0404. The van der Waals surface area contributed by atoms with Crippen molar-refractivity contribution in [3.63, 3.8) is 0 Å². The van der Waals surface area contributed by atoms with E-state index in [-0.39, 0.29) is 69.9 Å². The molecule has 27 nitrogen and oxygen atoms in total. The molecule has 1 saturated heterocycles. The van der Waals surface area contributed by atoms with Gasteiger partial charge in [-0.15, -0.1) is 0 Å². The number of rotatable bonds is 20. The summed E-state index contributed by atoms with van der Waals surface area (Å²) in [4.78, 5) is 142. The summed E-state index contributed by atoms with van der Waals surface area (Å²) in [5.41, 5.74) is 16.9. The number of aryl methyl sites for hydroxylation is 1. The second-order valence-electron chi connectivity index (χ2n) is 19.4. The molecule has 0 radical (unpaired) electrons. The molecule has 0 unspecified atom stereocenters. The van der Waals surface area contributed by atoms with Gasteiger partial charge in [0, 0.05) is 25.2 Å². The highest BCUT2D eigenvalue weighted by atomic mass is 16.3. The molecule has 0 saturated carbocycles. The Hall–Kier alpha value is -7.01. The Morgan fingerprint density at radius 3 is 1.96 bits per heavy atom. The predicted molar refractivity (Wildman–Crippen MR) is 279 cm³/mol. The molecule has 11 atom stereocenters. The standard InChI is InChI=1S/C50H78N14O13/c1-27(2)22-36-47(75)64-50(26-66,17-20-53)25-55-32(14-18-51)41(69)62-39(29(4)67)48(76)54-21-16-35(43(71)57-34(15-19-52)42(70)60-37(45(73)59-36)23-31-11-7-6-8-12-31)58-46(74)38(24-65)61-49(77)40(30(5)68)63-44(72)33-13-9-10-28(3)56-33/h6-13,26-27,29-30,32,34-40,55,65,67-68H,14-25,51-53H2,1-5H3,(H,54,76)(H,57,71)(H,58,74)(H,59,73)(H,60,70)(H,61,77)(H,62,69)(H,63,72)(H,64,75)/t29-,30-,32+,34+,35+,36+,37-,38-,39+,40+,50+/m1/s1. The van der Waals surface area contributed by atoms with Crippen LogP contribution in [-0.4, -0.2) is 185 Å². The van der Waals surface area contributed by atoms with E-state index < -0.39 is 139 Å². The zero-order valence-corrected chi connectivity index (χ0v) is 44.1. The Balaban J connectivity index is 2.11. The summed E-state index contributed by atoms with van der Waals surface area (Å²) in [5.74, 6) is -8.81. The van der Waals surface area contributed by atoms with Crippen molar-refractivity contribution in [3.8, 4) is 0 Å². The summed E-state index contributed by atoms with van der Waals surface area (Å²) in [5, 5.41) is 57.0. The molecule has 27 heteroatoms. The molecule has 426 valence electrons. The van der Waals surface area contributed by atoms with Crippen molar-refractivity contribution in [2.45, 2.75) is 139 Å². The maximum absolute atomic E-state index is 14.4. The number of aliphatic hydroxyl groups is 3. The maximum atomic E-state index is 14.4. The number of benzene rings is 1. The molecule has 1 aliphatic rings. The van der Waals surface area contributed by atoms with Gasteiger partial charge in [0.2, 0.25) is 47.3 Å². The monoisotopic (exact) mass is 1080 g/mol. The lowest BCUT2D eigenvalue weighted by Gasteiger charge is -2.34. The van der Waals surface area contributed by atoms with Gasteiger partial charge in [-0.3, -0.25) is 43.2 Å². The van der Waals surface area contributed by atoms with E-state index in [0.29, 0.717) is 17.5 Å². The van der Waals surface area contributed by atoms with Gasteiger partial charge in [0.05, 0.1) is 24.9 Å². The van der Waals surface area contributed by atoms with Crippen LogP contribution in [0, 0.1) is 12.8 Å². The molecule has 1 aromatic carbocycles. The number of nitrogens with one attached hydrogen (secondary N) is 10. The highest BCUT2D eigenvalue weighted by molar-refractivity contribution is 5.99. The van der Waals surface area contributed by atoms with Gasteiger partial charge in [-0.2, -0.15) is 0 Å². The molecular weight excluding hydrogens is 1000 g/mol. The van der Waals surface area contributed by atoms with Gasteiger partial charge in [-0.25, -0.2) is 4.98 Å². The summed E-state index contributed by atoms with van der Waals surface area (Å²) in [6.45, 7) is 5.26. The molecule has 2 heterocycles. The Labute approximate surface area is 446 Å². The van der Waals surface area contributed by atoms with E-state index in [9.17, 15) is 63.3 Å². The first-order valence-electron chi connectivity index (χ1n) is 25.5. The lowest BCUT2D eigenvalue weighted by molar-refractivity contribution is -0.136. The largest absolute Gasteiger partial charge is 0.394 e. The number of hydrogen-bond donors (Lipinski definition) is 16. The van der Waals surface area contributed by atoms with Crippen LogP contribution in [0.25, 0.3) is 0 Å². The number of aromatic nitrogens is 1. The zero-order valence-electron chi connectivity index (χ0n) is 44.1. The Kier molecular flexibility index (Phi) is 26.6. The average Bonchev–Trinajstić information content (AvgIpc) is 3.38. The minimum Gasteiger partial charge on any atom is -0.394 e. The molecular formula is C50H78N14O13. The fourth-order valence-corrected chi connectivity index (χ4v) is 8.12. The smallest absolute Gasteiger partial charge is 0.270 e. The normalized spacial score (nSPS) is 24.2. The second-order valence-corrected chi connectivity index (χ2v) is 19.4. The van der Waals surface area contributed by atoms with E-state index in [1.54, 1.807) is 63.2 Å². The van der Waals surface area contributed by atoms with Crippen LogP contribution in [0.4, 0.5) is 0 Å². The van der Waals surface area contributed by atoms with E-state index >= 15 is 0 Å². The van der Waals surface area contributed by atoms with Crippen LogP contribution in [-0.2, 0) is 49.6 Å². The minimum atomic E-state index is -1.84. The van der Waals surface area contributed by atoms with Crippen LogP contribution < -0.4 is 70.4 Å². The lowest BCUT2D eigenvalue weighted by atomic mass is 9.94. The lowest BCUT2D eigenvalue weighted by Crippen LogP contribution is -2.64. The van der Waals surface area contributed by atoms with Gasteiger partial charge in [-0.1, -0.05) is 50.2 Å². The number of amides is 9. The van der Waals surface area contributed by atoms with Crippen molar-refractivity contribution in [1.29, 1.82) is 0 Å². The Morgan fingerprint density at radius 1 is 0.753 bits per heavy atom. The zero-order chi connectivity index (χ0) is 57.4. The highest BCUT2D eigenvalue weighted by Gasteiger charge is 2.39. The molecule has 9 amide bonds. The van der Waals surface area contributed by atoms with E-state index in [4.69, 9.17) is 17.2 Å². The molecule has 1 fully saturated rings. The molecule has 0 spiro atoms. The second kappa shape index (κ2) is 31.9. The summed E-state index contributed by atoms with van der Waals surface area (Å²) >= 11 is 0. The van der Waals surface area contributed by atoms with Crippen molar-refractivity contribution in [2.24, 2.45) is 23.1 Å². The highest BCUT2D eigenvalue weighted by Crippen LogP contribution is 2.14. The van der Waals surface area contributed by atoms with Crippen molar-refractivity contribution < 1.29 is 63.3 Å². The third-order valence-electron chi connectivity index (χ3n) is 12.4. The van der Waals surface area contributed by atoms with Gasteiger partial charge in [-0.05, 0) is 96.1 Å². The van der Waals surface area contributed by atoms with E-state index in [0.717, 1.165) is 0 Å². The summed E-state index contributed by atoms with van der Waals surface area (Å²) < 4.78 is 0. The summed E-state index contributed by atoms with van der Waals surface area (Å²) in [7, 11) is 0. The number of hydrogen-bond acceptors (Lipinski definition) is 18. The molecule has 1 aromatic heterocycles. The Bertz CT molecular complexity index is 2330. The molecule has 3 rings (SSSR count). The third kappa shape index (κ3) is 20.5. The van der Waals surface area contributed by atoms with Gasteiger partial charge >= 0.3 is 0 Å². The average molecular weight is 1080 g/mol. The first-order valence-corrected chi connectivity index (χ1v) is 25.5. The number of aliphatic hydroxyl groups excluding tert-OH is 3. The quantitative estimate of drug-likeness (QED) is 0.0549. The van der Waals surface area contributed by atoms with Crippen LogP contribution in [0.3, 0.4) is 0 Å². The van der Waals surface area contributed by atoms with E-state index in [1.807, 2.05) is 0 Å². The maximum Gasteiger partial charge on any atom is 0.270 e. The molecule has 2 aromatic rings. The number of aldehydes is 1. The number of nitrogens with two attached hydrogens (primary N) is 3. The van der Waals surface area contributed by atoms with Crippen LogP contribution in [0.5, 0.6) is 0 Å². The number of pyridine rings is 1. The third-order valence-corrected chi connectivity index (χ3v) is 12.4. The first kappa shape index (κ1) is 64.3. The molecule has 1 aliphatic heterocycles. The van der Waals surface area contributed by atoms with Crippen molar-refractivity contribution in [3.05, 3.63) is 65.5 Å². The van der Waals surface area contributed by atoms with Crippen LogP contribution >= 0.6 is 0 Å². The predicted octanol–water partition coefficient (Wildman–Crippen LogP) is -5.98. The van der Waals surface area contributed by atoms with Gasteiger partial charge in [0.1, 0.15) is 59.8 Å². The van der Waals surface area contributed by atoms with Gasteiger partial charge < -0.3 is 90.5 Å². The number of nitrogens with zero attached hydrogens (tertiary/aromatic N) is 1. The fourth-order valence-electron chi connectivity index (χ4n) is 8.12. The molecule has 0 aliphatic carbocycles. The van der Waals surface area contributed by atoms with Crippen LogP contribution in [0.2, 0.25) is 0 Å². The van der Waals surface area contributed by atoms with E-state index in [2.05, 4.69) is 58.2 Å². The first-order chi connectivity index (χ1) is 36.5. The van der Waals surface area contributed by atoms with Crippen LogP contribution in [0.1, 0.15) is 81.5 Å². The number of carbonyl (C=O) groups excluding carboxylic acids is 10. The van der Waals surface area contributed by atoms with Crippen molar-refractivity contribution >= 4 is 59.5 Å². The topological polar surface area (TPSA) is 443 Å². The summed E-state index contributed by atoms with van der Waals surface area (Å²) in [6, 6.07) is 0.751. The van der Waals surface area contributed by atoms with E-state index in [1.165, 1.54) is 19.9 Å². The fraction of sp³-hybridized carbons (Fsp3) is 0.580. The van der Waals surface area contributed by atoms with Crippen LogP contribution in [0.15, 0.2) is 48.5 Å². The van der Waals surface area contributed by atoms with Crippen molar-refractivity contribution in [1.82, 2.24) is 58.2 Å². The molecule has 0 bridgehead atoms. The molecule has 77 heavy (non-hydrogen) atoms. The van der Waals surface area contributed by atoms with Crippen molar-refractivity contribution in [2.75, 3.05) is 39.3 Å². The number of carbonyl (C=O) groups is 10. The van der Waals surface area contributed by atoms with Gasteiger partial charge in [0.25, 0.3) is 5.91 Å². The summed E-state index contributed by atoms with van der Waals surface area (Å²) in [6.07, 6.45) is -3.64. The van der Waals surface area contributed by atoms with Gasteiger partial charge in [0.15, 0.2) is 0 Å². The molecule has 19 N–H and O–H groups in total. The Morgan fingerprint density at radius 2 is 1.38 bits per heavy atom.